The Bertz CT molecular complexity index is 820. The van der Waals surface area contributed by atoms with Crippen molar-refractivity contribution in [3.63, 3.8) is 0 Å². The Morgan fingerprint density at radius 2 is 2.08 bits per heavy atom. The largest absolute Gasteiger partial charge is 0.385 e. The van der Waals surface area contributed by atoms with Crippen LogP contribution in [-0.4, -0.2) is 24.9 Å². The van der Waals surface area contributed by atoms with Gasteiger partial charge in [-0.15, -0.1) is 4.91 Å². The molecule has 1 aromatic heterocycles. The summed E-state index contributed by atoms with van der Waals surface area (Å²) in [5, 5.41) is 12.1. The zero-order valence-electron chi connectivity index (χ0n) is 14.5. The molecule has 138 valence electrons. The summed E-state index contributed by atoms with van der Waals surface area (Å²) in [5.41, 5.74) is 7.49. The smallest absolute Gasteiger partial charge is 0.341 e. The Kier molecular flexibility index (Phi) is 6.75. The van der Waals surface area contributed by atoms with Crippen LogP contribution in [-0.2, 0) is 4.79 Å². The number of carbonyl (C=O) groups is 2. The van der Waals surface area contributed by atoms with Crippen molar-refractivity contribution < 1.29 is 14.6 Å². The first-order chi connectivity index (χ1) is 12.4. The maximum absolute atomic E-state index is 12.6. The number of nitrogens with zero attached hydrogens (tertiary/aromatic N) is 1. The molecule has 9 nitrogen and oxygen atoms in total. The molecule has 1 aromatic carbocycles. The fourth-order valence-corrected chi connectivity index (χ4v) is 3.00. The standard InChI is InChI=1S/C16H20N6O3S/c1-9-15(22-25)26-16(19-9)21-14(24)12-5-4-11(18-7-3-6-17)8-13(12)20-10(2)23/h4-5,8,18H,3,6-7,17H2,1-2H3,(H,20,23)(H,19,21,24)/p+1. The van der Waals surface area contributed by atoms with Crippen LogP contribution in [0.4, 0.5) is 21.5 Å². The van der Waals surface area contributed by atoms with Crippen molar-refractivity contribution in [3.05, 3.63) is 34.4 Å². The molecule has 0 fully saturated rings. The summed E-state index contributed by atoms with van der Waals surface area (Å²) in [5.74, 6) is -0.707. The highest BCUT2D eigenvalue weighted by Gasteiger charge is 2.21. The van der Waals surface area contributed by atoms with E-state index in [1.54, 1.807) is 25.1 Å². The van der Waals surface area contributed by atoms with Crippen molar-refractivity contribution in [1.82, 2.24) is 0 Å². The van der Waals surface area contributed by atoms with Gasteiger partial charge in [0.25, 0.3) is 0 Å². The molecule has 1 heterocycles. The van der Waals surface area contributed by atoms with E-state index in [2.05, 4.69) is 26.1 Å². The summed E-state index contributed by atoms with van der Waals surface area (Å²) in [7, 11) is 0. The molecule has 2 amide bonds. The molecule has 2 rings (SSSR count). The lowest BCUT2D eigenvalue weighted by Crippen LogP contribution is -2.20. The van der Waals surface area contributed by atoms with Gasteiger partial charge in [-0.2, -0.15) is 5.32 Å². The number of amides is 2. The van der Waals surface area contributed by atoms with Gasteiger partial charge in [-0.25, -0.2) is 9.78 Å². The molecule has 2 aromatic rings. The van der Waals surface area contributed by atoms with Crippen LogP contribution in [0.2, 0.25) is 0 Å². The maximum Gasteiger partial charge on any atom is 0.341 e. The van der Waals surface area contributed by atoms with Gasteiger partial charge in [-0.1, -0.05) is 0 Å². The molecule has 0 atom stereocenters. The number of rotatable bonds is 8. The van der Waals surface area contributed by atoms with Crippen LogP contribution >= 0.6 is 11.3 Å². The van der Waals surface area contributed by atoms with Crippen molar-refractivity contribution in [2.45, 2.75) is 20.3 Å². The number of thiazole rings is 1. The second-order valence-corrected chi connectivity index (χ2v) is 6.54. The molecule has 0 saturated heterocycles. The average molecular weight is 377 g/mol. The molecule has 0 aliphatic heterocycles. The summed E-state index contributed by atoms with van der Waals surface area (Å²) in [6.45, 7) is 4.31. The molecular formula is C16H21N6O3S+. The fraction of sp³-hybridized carbons (Fsp3) is 0.312. The molecular weight excluding hydrogens is 356 g/mol. The van der Waals surface area contributed by atoms with Crippen molar-refractivity contribution in [3.8, 4) is 0 Å². The summed E-state index contributed by atoms with van der Waals surface area (Å²) in [6, 6.07) is 5.05. The lowest BCUT2D eigenvalue weighted by Gasteiger charge is -2.11. The Labute approximate surface area is 154 Å². The Morgan fingerprint density at radius 3 is 2.69 bits per heavy atom. The normalized spacial score (nSPS) is 10.3. The first-order valence-corrected chi connectivity index (χ1v) is 8.79. The number of aryl methyl sites for hydroxylation is 1. The van der Waals surface area contributed by atoms with E-state index in [9.17, 15) is 14.5 Å². The third kappa shape index (κ3) is 5.07. The number of nitrogens with one attached hydrogen (secondary N) is 4. The maximum atomic E-state index is 12.6. The Hall–Kier alpha value is -2.85. The third-order valence-corrected chi connectivity index (χ3v) is 4.40. The van der Waals surface area contributed by atoms with Gasteiger partial charge in [0.15, 0.2) is 0 Å². The summed E-state index contributed by atoms with van der Waals surface area (Å²) < 4.78 is 0. The molecule has 0 unspecified atom stereocenters. The number of nitroso groups, excluding NO2 is 1. The average Bonchev–Trinajstić information content (AvgIpc) is 2.94. The van der Waals surface area contributed by atoms with Crippen molar-refractivity contribution in [1.29, 1.82) is 0 Å². The van der Waals surface area contributed by atoms with Gasteiger partial charge >= 0.3 is 11.0 Å². The van der Waals surface area contributed by atoms with E-state index in [4.69, 9.17) is 5.73 Å². The van der Waals surface area contributed by atoms with E-state index in [1.165, 1.54) is 6.92 Å². The van der Waals surface area contributed by atoms with E-state index >= 15 is 0 Å². The first kappa shape index (κ1) is 19.5. The minimum Gasteiger partial charge on any atom is -0.385 e. The molecule has 0 aliphatic carbocycles. The zero-order valence-corrected chi connectivity index (χ0v) is 15.3. The quantitative estimate of drug-likeness (QED) is 0.412. The van der Waals surface area contributed by atoms with Crippen molar-refractivity contribution in [2.75, 3.05) is 29.0 Å². The number of aromatic nitrogens is 1. The monoisotopic (exact) mass is 377 g/mol. The van der Waals surface area contributed by atoms with E-state index in [0.717, 1.165) is 23.4 Å². The summed E-state index contributed by atoms with van der Waals surface area (Å²) in [6.07, 6.45) is 0.804. The lowest BCUT2D eigenvalue weighted by atomic mass is 10.1. The van der Waals surface area contributed by atoms with Gasteiger partial charge in [0.05, 0.1) is 11.3 Å². The molecule has 0 radical (unpaired) electrons. The van der Waals surface area contributed by atoms with Crippen LogP contribution in [0, 0.1) is 11.8 Å². The van der Waals surface area contributed by atoms with E-state index in [1.807, 2.05) is 0 Å². The van der Waals surface area contributed by atoms with Crippen molar-refractivity contribution in [2.24, 2.45) is 10.9 Å². The molecule has 0 aliphatic rings. The number of nitrogens with two attached hydrogens (primary N) is 1. The number of aromatic amines is 1. The zero-order chi connectivity index (χ0) is 19.1. The van der Waals surface area contributed by atoms with Gasteiger partial charge in [-0.05, 0) is 47.7 Å². The molecule has 0 saturated carbocycles. The van der Waals surface area contributed by atoms with E-state index < -0.39 is 5.91 Å². The topological polar surface area (TPSA) is 140 Å². The summed E-state index contributed by atoms with van der Waals surface area (Å²) >= 11 is 1.04. The van der Waals surface area contributed by atoms with E-state index in [-0.39, 0.29) is 10.9 Å². The Morgan fingerprint density at radius 1 is 1.31 bits per heavy atom. The Balaban J connectivity index is 2.22. The van der Waals surface area contributed by atoms with Gasteiger partial charge in [-0.3, -0.25) is 4.79 Å². The van der Waals surface area contributed by atoms with Gasteiger partial charge in [0, 0.05) is 26.1 Å². The minimum atomic E-state index is -0.419. The third-order valence-electron chi connectivity index (χ3n) is 3.42. The number of anilines is 3. The van der Waals surface area contributed by atoms with Crippen LogP contribution in [0.25, 0.3) is 0 Å². The van der Waals surface area contributed by atoms with Crippen LogP contribution in [0.15, 0.2) is 23.4 Å². The number of H-pyrrole nitrogens is 1. The number of hydrogen-bond acceptors (Lipinski definition) is 7. The molecule has 0 bridgehead atoms. The number of hydrogen-bond donors (Lipinski definition) is 4. The second kappa shape index (κ2) is 9.02. The van der Waals surface area contributed by atoms with Crippen LogP contribution in [0.3, 0.4) is 0 Å². The van der Waals surface area contributed by atoms with Gasteiger partial charge in [0.1, 0.15) is 5.69 Å². The predicted molar refractivity (Wildman–Crippen MR) is 102 cm³/mol. The van der Waals surface area contributed by atoms with Crippen LogP contribution < -0.4 is 26.7 Å². The highest BCUT2D eigenvalue weighted by Crippen LogP contribution is 2.28. The van der Waals surface area contributed by atoms with Crippen molar-refractivity contribution >= 4 is 44.7 Å². The van der Waals surface area contributed by atoms with Gasteiger partial charge in [0.2, 0.25) is 10.9 Å². The van der Waals surface area contributed by atoms with Crippen LogP contribution in [0.5, 0.6) is 0 Å². The highest BCUT2D eigenvalue weighted by molar-refractivity contribution is 7.19. The predicted octanol–water partition coefficient (Wildman–Crippen LogP) is 2.24. The summed E-state index contributed by atoms with van der Waals surface area (Å²) in [4.78, 5) is 37.6. The molecule has 10 heteroatoms. The fourth-order valence-electron chi connectivity index (χ4n) is 2.22. The number of benzene rings is 1. The second-order valence-electron chi connectivity index (χ2n) is 5.54. The minimum absolute atomic E-state index is 0.266. The first-order valence-electron chi connectivity index (χ1n) is 7.97. The molecule has 0 spiro atoms. The van der Waals surface area contributed by atoms with E-state index in [0.29, 0.717) is 35.2 Å². The van der Waals surface area contributed by atoms with Gasteiger partial charge < -0.3 is 16.4 Å². The highest BCUT2D eigenvalue weighted by atomic mass is 32.1. The molecule has 6 N–H and O–H groups in total. The number of carbonyl (C=O) groups excluding carboxylic acids is 2. The SMILES string of the molecule is CC(=O)Nc1cc(NCCCN)ccc1C(=O)Nc1[nH+]c(C)c(N=O)s1. The lowest BCUT2D eigenvalue weighted by molar-refractivity contribution is -0.363. The molecule has 26 heavy (non-hydrogen) atoms. The van der Waals surface area contributed by atoms with Crippen LogP contribution in [0.1, 0.15) is 29.4 Å².